The van der Waals surface area contributed by atoms with Gasteiger partial charge >= 0.3 is 0 Å². The van der Waals surface area contributed by atoms with E-state index in [0.29, 0.717) is 13.1 Å². The zero-order valence-corrected chi connectivity index (χ0v) is 14.6. The molecule has 1 N–H and O–H groups in total. The van der Waals surface area contributed by atoms with Crippen LogP contribution in [0.5, 0.6) is 0 Å². The zero-order valence-electron chi connectivity index (χ0n) is 12.9. The molecule has 0 atom stereocenters. The minimum absolute atomic E-state index is 0.106. The number of nitrogens with zero attached hydrogens (tertiary/aromatic N) is 2. The Bertz CT molecular complexity index is 796. The van der Waals surface area contributed by atoms with Gasteiger partial charge in [-0.3, -0.25) is 10.1 Å². The van der Waals surface area contributed by atoms with Crippen LogP contribution in [0.15, 0.2) is 46.0 Å². The van der Waals surface area contributed by atoms with E-state index in [-0.39, 0.29) is 10.6 Å². The van der Waals surface area contributed by atoms with Gasteiger partial charge in [0.2, 0.25) is 10.0 Å². The number of non-ortho nitro benzene ring substituents is 1. The Kier molecular flexibility index (Phi) is 4.95. The topological polar surface area (TPSA) is 85.0 Å². The molecule has 0 spiro atoms. The molecule has 1 aliphatic heterocycles. The zero-order chi connectivity index (χ0) is 17.2. The lowest BCUT2D eigenvalue weighted by atomic mass is 10.3. The lowest BCUT2D eigenvalue weighted by Gasteiger charge is -2.31. The van der Waals surface area contributed by atoms with Gasteiger partial charge in [-0.05, 0) is 29.0 Å². The summed E-state index contributed by atoms with van der Waals surface area (Å²) >= 11 is 1.67. The molecule has 9 heteroatoms. The van der Waals surface area contributed by atoms with Crippen molar-refractivity contribution in [3.63, 3.8) is 0 Å². The number of piperazine rings is 1. The maximum atomic E-state index is 12.6. The first-order chi connectivity index (χ1) is 11.5. The largest absolute Gasteiger partial charge is 0.329 e. The predicted molar refractivity (Wildman–Crippen MR) is 90.6 cm³/mol. The molecular weight excluding hydrogens is 350 g/mol. The maximum absolute atomic E-state index is 12.6. The van der Waals surface area contributed by atoms with E-state index in [2.05, 4.69) is 11.4 Å². The van der Waals surface area contributed by atoms with Crippen LogP contribution in [0.2, 0.25) is 0 Å². The Morgan fingerprint density at radius 2 is 1.83 bits per heavy atom. The van der Waals surface area contributed by atoms with Crippen molar-refractivity contribution in [1.82, 2.24) is 4.31 Å². The van der Waals surface area contributed by atoms with Crippen molar-refractivity contribution in [3.8, 4) is 0 Å². The summed E-state index contributed by atoms with van der Waals surface area (Å²) in [5.41, 5.74) is 1.17. The number of nitro benzene ring substituents is 1. The number of rotatable bonds is 5. The Hall–Kier alpha value is -1.81. The normalized spacial score (nSPS) is 17.0. The molecule has 1 fully saturated rings. The summed E-state index contributed by atoms with van der Waals surface area (Å²) in [6, 6.07) is 7.16. The molecule has 2 heterocycles. The van der Waals surface area contributed by atoms with Crippen LogP contribution >= 0.6 is 11.3 Å². The first-order valence-electron chi connectivity index (χ1n) is 7.56. The Morgan fingerprint density at radius 3 is 2.38 bits per heavy atom. The van der Waals surface area contributed by atoms with Gasteiger partial charge in [0, 0.05) is 17.7 Å². The molecule has 0 unspecified atom stereocenters. The van der Waals surface area contributed by atoms with Crippen molar-refractivity contribution in [3.05, 3.63) is 56.8 Å². The van der Waals surface area contributed by atoms with Crippen molar-refractivity contribution < 1.29 is 18.2 Å². The molecule has 3 rings (SSSR count). The number of quaternary nitrogens is 1. The van der Waals surface area contributed by atoms with Crippen LogP contribution in [0.1, 0.15) is 5.56 Å². The summed E-state index contributed by atoms with van der Waals surface area (Å²) in [6.45, 7) is 3.33. The van der Waals surface area contributed by atoms with Gasteiger partial charge in [0.1, 0.15) is 6.54 Å². The minimum Gasteiger partial charge on any atom is -0.329 e. The first kappa shape index (κ1) is 17.0. The van der Waals surface area contributed by atoms with Crippen LogP contribution in [-0.2, 0) is 16.6 Å². The van der Waals surface area contributed by atoms with Crippen LogP contribution in [0.3, 0.4) is 0 Å². The maximum Gasteiger partial charge on any atom is 0.269 e. The molecule has 0 amide bonds. The molecule has 1 aromatic carbocycles. The van der Waals surface area contributed by atoms with Crippen molar-refractivity contribution in [2.24, 2.45) is 0 Å². The number of hydrogen-bond donors (Lipinski definition) is 1. The highest BCUT2D eigenvalue weighted by atomic mass is 32.2. The number of sulfonamides is 1. The second kappa shape index (κ2) is 6.98. The molecule has 0 aliphatic carbocycles. The number of thiophene rings is 1. The lowest BCUT2D eigenvalue weighted by Crippen LogP contribution is -3.13. The SMILES string of the molecule is O=[N+]([O-])c1ccc(S(=O)(=O)N2CC[NH+](Cc3ccsc3)CC2)cc1. The van der Waals surface area contributed by atoms with E-state index in [1.54, 1.807) is 11.3 Å². The van der Waals surface area contributed by atoms with Crippen LogP contribution in [-0.4, -0.2) is 43.8 Å². The van der Waals surface area contributed by atoms with Crippen molar-refractivity contribution in [1.29, 1.82) is 0 Å². The molecule has 0 radical (unpaired) electrons. The molecule has 1 aromatic heterocycles. The van der Waals surface area contributed by atoms with E-state index >= 15 is 0 Å². The van der Waals surface area contributed by atoms with Gasteiger partial charge in [0.05, 0.1) is 36.0 Å². The van der Waals surface area contributed by atoms with Crippen molar-refractivity contribution in [2.45, 2.75) is 11.4 Å². The van der Waals surface area contributed by atoms with E-state index in [4.69, 9.17) is 0 Å². The summed E-state index contributed by atoms with van der Waals surface area (Å²) < 4.78 is 26.7. The third-order valence-corrected chi connectivity index (χ3v) is 6.79. The molecule has 0 saturated carbocycles. The number of nitro groups is 1. The van der Waals surface area contributed by atoms with Gasteiger partial charge in [-0.2, -0.15) is 15.6 Å². The van der Waals surface area contributed by atoms with Gasteiger partial charge in [-0.1, -0.05) is 0 Å². The fraction of sp³-hybridized carbons (Fsp3) is 0.333. The number of benzene rings is 1. The smallest absolute Gasteiger partial charge is 0.269 e. The predicted octanol–water partition coefficient (Wildman–Crippen LogP) is 0.746. The summed E-state index contributed by atoms with van der Waals surface area (Å²) in [7, 11) is -3.59. The summed E-state index contributed by atoms with van der Waals surface area (Å²) in [6.07, 6.45) is 0. The Labute approximate surface area is 144 Å². The molecule has 24 heavy (non-hydrogen) atoms. The highest BCUT2D eigenvalue weighted by Gasteiger charge is 2.30. The first-order valence-corrected chi connectivity index (χ1v) is 9.94. The third-order valence-electron chi connectivity index (χ3n) is 4.15. The van der Waals surface area contributed by atoms with Crippen molar-refractivity contribution >= 4 is 27.0 Å². The molecule has 0 bridgehead atoms. The van der Waals surface area contributed by atoms with Gasteiger partial charge in [-0.15, -0.1) is 0 Å². The van der Waals surface area contributed by atoms with Crippen LogP contribution in [0.25, 0.3) is 0 Å². The average molecular weight is 368 g/mol. The second-order valence-corrected chi connectivity index (χ2v) is 8.43. The summed E-state index contributed by atoms with van der Waals surface area (Å²) in [5, 5.41) is 14.8. The second-order valence-electron chi connectivity index (χ2n) is 5.71. The van der Waals surface area contributed by atoms with E-state index in [9.17, 15) is 18.5 Å². The fourth-order valence-electron chi connectivity index (χ4n) is 2.79. The van der Waals surface area contributed by atoms with E-state index < -0.39 is 14.9 Å². The Morgan fingerprint density at radius 1 is 1.17 bits per heavy atom. The number of hydrogen-bond acceptors (Lipinski definition) is 5. The van der Waals surface area contributed by atoms with Crippen molar-refractivity contribution in [2.75, 3.05) is 26.2 Å². The highest BCUT2D eigenvalue weighted by molar-refractivity contribution is 7.89. The van der Waals surface area contributed by atoms with Crippen LogP contribution in [0, 0.1) is 10.1 Å². The average Bonchev–Trinajstić information content (AvgIpc) is 3.08. The third kappa shape index (κ3) is 3.64. The quantitative estimate of drug-likeness (QED) is 0.623. The molecule has 2 aromatic rings. The van der Waals surface area contributed by atoms with E-state index in [1.807, 2.05) is 5.38 Å². The van der Waals surface area contributed by atoms with Crippen LogP contribution < -0.4 is 4.90 Å². The monoisotopic (exact) mass is 368 g/mol. The highest BCUT2D eigenvalue weighted by Crippen LogP contribution is 2.19. The van der Waals surface area contributed by atoms with Gasteiger partial charge in [0.25, 0.3) is 5.69 Å². The molecule has 1 saturated heterocycles. The fourth-order valence-corrected chi connectivity index (χ4v) is 4.90. The summed E-state index contributed by atoms with van der Waals surface area (Å²) in [4.78, 5) is 11.6. The van der Waals surface area contributed by atoms with E-state index in [0.717, 1.165) is 19.6 Å². The lowest BCUT2D eigenvalue weighted by molar-refractivity contribution is -0.917. The summed E-state index contributed by atoms with van der Waals surface area (Å²) in [5.74, 6) is 0. The van der Waals surface area contributed by atoms with Gasteiger partial charge in [-0.25, -0.2) is 8.42 Å². The molecule has 7 nitrogen and oxygen atoms in total. The number of nitrogens with one attached hydrogen (secondary N) is 1. The standard InChI is InChI=1S/C15H17N3O4S2/c19-18(20)14-1-3-15(4-2-14)24(21,22)17-8-6-16(7-9-17)11-13-5-10-23-12-13/h1-5,10,12H,6-9,11H2/p+1. The van der Waals surface area contributed by atoms with E-state index in [1.165, 1.54) is 39.0 Å². The van der Waals surface area contributed by atoms with Gasteiger partial charge < -0.3 is 4.90 Å². The minimum atomic E-state index is -3.59. The molecular formula is C15H18N3O4S2+. The molecule has 128 valence electrons. The van der Waals surface area contributed by atoms with Crippen LogP contribution in [0.4, 0.5) is 5.69 Å². The molecule has 1 aliphatic rings. The Balaban J connectivity index is 1.65. The van der Waals surface area contributed by atoms with Gasteiger partial charge in [0.15, 0.2) is 0 Å².